The summed E-state index contributed by atoms with van der Waals surface area (Å²) in [7, 11) is 0. The number of benzene rings is 4. The lowest BCUT2D eigenvalue weighted by Crippen LogP contribution is -2.57. The van der Waals surface area contributed by atoms with Crippen LogP contribution in [0.3, 0.4) is 0 Å². The summed E-state index contributed by atoms with van der Waals surface area (Å²) in [6, 6.07) is 28.5. The van der Waals surface area contributed by atoms with Gasteiger partial charge in [-0.05, 0) is 33.7 Å². The molecule has 0 saturated carbocycles. The Balaban J connectivity index is 1.21. The predicted octanol–water partition coefficient (Wildman–Crippen LogP) is 5.76. The molecule has 38 heavy (non-hydrogen) atoms. The van der Waals surface area contributed by atoms with E-state index in [0.29, 0.717) is 5.69 Å². The quantitative estimate of drug-likeness (QED) is 0.264. The number of likely N-dealkylation sites (tertiary alicyclic amines) is 1. The Morgan fingerprint density at radius 2 is 1.18 bits per heavy atom. The molecule has 1 fully saturated rings. The van der Waals surface area contributed by atoms with Crippen molar-refractivity contribution in [1.82, 2.24) is 4.90 Å². The van der Waals surface area contributed by atoms with Crippen LogP contribution in [0.4, 0.5) is 5.69 Å². The third kappa shape index (κ3) is 2.92. The van der Waals surface area contributed by atoms with E-state index in [0.717, 1.165) is 33.0 Å². The van der Waals surface area contributed by atoms with Crippen LogP contribution in [0.15, 0.2) is 91.0 Å². The zero-order chi connectivity index (χ0) is 26.2. The first-order valence-electron chi connectivity index (χ1n) is 12.6. The van der Waals surface area contributed by atoms with Gasteiger partial charge >= 0.3 is 0 Å². The maximum Gasteiger partial charge on any atom is 0.235 e. The first kappa shape index (κ1) is 23.4. The molecule has 2 bridgehead atoms. The molecule has 1 aliphatic heterocycles. The van der Waals surface area contributed by atoms with E-state index in [1.54, 1.807) is 0 Å². The van der Waals surface area contributed by atoms with Crippen molar-refractivity contribution in [3.8, 4) is 0 Å². The van der Waals surface area contributed by atoms with Gasteiger partial charge in [-0.15, -0.1) is 23.2 Å². The van der Waals surface area contributed by atoms with E-state index in [4.69, 9.17) is 23.2 Å². The number of hydrogen-bond donors (Lipinski definition) is 1. The number of hydrogen-bond acceptors (Lipinski definition) is 3. The Morgan fingerprint density at radius 3 is 1.74 bits per heavy atom. The fourth-order valence-corrected chi connectivity index (χ4v) is 7.80. The maximum absolute atomic E-state index is 13.9. The molecular formula is C31H22Cl2N2O3. The van der Waals surface area contributed by atoms with Gasteiger partial charge in [0.05, 0.1) is 11.8 Å². The average molecular weight is 541 g/mol. The number of imide groups is 1. The molecule has 4 aromatic carbocycles. The number of halogens is 2. The van der Waals surface area contributed by atoms with Crippen molar-refractivity contribution in [2.24, 2.45) is 11.8 Å². The minimum absolute atomic E-state index is 0.0371. The summed E-state index contributed by atoms with van der Waals surface area (Å²) in [5, 5.41) is 4.86. The third-order valence-electron chi connectivity index (χ3n) is 8.30. The molecule has 1 saturated heterocycles. The highest BCUT2D eigenvalue weighted by molar-refractivity contribution is 6.36. The number of rotatable bonds is 4. The number of nitrogens with zero attached hydrogens (tertiary/aromatic N) is 1. The van der Waals surface area contributed by atoms with E-state index in [9.17, 15) is 14.4 Å². The first-order valence-corrected chi connectivity index (χ1v) is 13.3. The molecule has 3 amide bonds. The second-order valence-electron chi connectivity index (χ2n) is 10.1. The Kier molecular flexibility index (Phi) is 5.04. The highest BCUT2D eigenvalue weighted by Gasteiger charge is 2.72. The van der Waals surface area contributed by atoms with E-state index < -0.39 is 21.6 Å². The summed E-state index contributed by atoms with van der Waals surface area (Å²) in [4.78, 5) is 39.5. The highest BCUT2D eigenvalue weighted by Crippen LogP contribution is 2.69. The first-order chi connectivity index (χ1) is 18.4. The van der Waals surface area contributed by atoms with Crippen molar-refractivity contribution in [1.29, 1.82) is 0 Å². The highest BCUT2D eigenvalue weighted by atomic mass is 35.5. The van der Waals surface area contributed by atoms with Gasteiger partial charge in [-0.1, -0.05) is 84.9 Å². The predicted molar refractivity (Wildman–Crippen MR) is 147 cm³/mol. The topological polar surface area (TPSA) is 66.5 Å². The molecule has 0 aromatic heterocycles. The van der Waals surface area contributed by atoms with Crippen LogP contribution in [0.2, 0.25) is 0 Å². The molecule has 7 heteroatoms. The molecule has 5 nitrogen and oxygen atoms in total. The molecule has 0 unspecified atom stereocenters. The molecule has 2 atom stereocenters. The second-order valence-corrected chi connectivity index (χ2v) is 11.3. The Morgan fingerprint density at radius 1 is 0.711 bits per heavy atom. The van der Waals surface area contributed by atoms with Crippen LogP contribution >= 0.6 is 23.2 Å². The number of fused-ring (bicyclic) bond motifs is 1. The molecule has 0 spiro atoms. The zero-order valence-electron chi connectivity index (χ0n) is 20.2. The van der Waals surface area contributed by atoms with Crippen LogP contribution in [-0.2, 0) is 24.1 Å². The lowest BCUT2D eigenvalue weighted by Gasteiger charge is -2.54. The lowest BCUT2D eigenvalue weighted by atomic mass is 9.54. The Labute approximate surface area is 229 Å². The van der Waals surface area contributed by atoms with Gasteiger partial charge in [0.2, 0.25) is 17.7 Å². The van der Waals surface area contributed by atoms with Crippen LogP contribution in [0, 0.1) is 11.8 Å². The van der Waals surface area contributed by atoms with Crippen molar-refractivity contribution in [2.45, 2.75) is 16.2 Å². The van der Waals surface area contributed by atoms with Gasteiger partial charge in [0.15, 0.2) is 0 Å². The maximum atomic E-state index is 13.9. The Bertz CT molecular complexity index is 1560. The summed E-state index contributed by atoms with van der Waals surface area (Å²) < 4.78 is 0. The van der Waals surface area contributed by atoms with Gasteiger partial charge in [0.1, 0.15) is 9.75 Å². The summed E-state index contributed by atoms with van der Waals surface area (Å²) in [6.45, 7) is -0.0477. The number of carbonyl (C=O) groups is 3. The smallest absolute Gasteiger partial charge is 0.235 e. The number of carbonyl (C=O) groups excluding carboxylic acids is 3. The summed E-state index contributed by atoms with van der Waals surface area (Å²) >= 11 is 14.9. The van der Waals surface area contributed by atoms with E-state index in [1.165, 1.54) is 4.90 Å². The SMILES string of the molecule is O=C(CCN1C(=O)[C@H]2[C@H](C1=O)C1(Cl)c3ccccc3C2(Cl)c2ccccc21)Nc1cccc2ccccc12. The number of alkyl halides is 2. The standard InChI is InChI=1S/C31H22Cl2N2O3/c32-30-20-11-3-4-12-21(20)31(33,23-14-6-5-13-22(23)30)27-26(30)28(37)35(29(27)38)17-16-25(36)34-24-15-7-9-18-8-1-2-10-19(18)24/h1-15,26-27H,16-17H2,(H,34,36)/t26-,27-,30?,31?/m1/s1. The summed E-state index contributed by atoms with van der Waals surface area (Å²) in [5.74, 6) is -2.78. The molecule has 1 heterocycles. The summed E-state index contributed by atoms with van der Waals surface area (Å²) in [6.07, 6.45) is -0.0371. The fraction of sp³-hybridized carbons (Fsp3) is 0.194. The van der Waals surface area contributed by atoms with Gasteiger partial charge in [0, 0.05) is 24.0 Å². The van der Waals surface area contributed by atoms with Crippen LogP contribution in [0.5, 0.6) is 0 Å². The third-order valence-corrected chi connectivity index (χ3v) is 9.59. The van der Waals surface area contributed by atoms with Gasteiger partial charge in [0.25, 0.3) is 0 Å². The largest absolute Gasteiger partial charge is 0.325 e. The molecule has 3 aliphatic carbocycles. The van der Waals surface area contributed by atoms with E-state index in [1.807, 2.05) is 91.0 Å². The van der Waals surface area contributed by atoms with Crippen molar-refractivity contribution >= 4 is 57.4 Å². The van der Waals surface area contributed by atoms with Gasteiger partial charge in [-0.3, -0.25) is 19.3 Å². The van der Waals surface area contributed by atoms with E-state index >= 15 is 0 Å². The lowest BCUT2D eigenvalue weighted by molar-refractivity contribution is -0.140. The molecular weight excluding hydrogens is 519 g/mol. The monoisotopic (exact) mass is 540 g/mol. The zero-order valence-corrected chi connectivity index (χ0v) is 21.7. The normalized spacial score (nSPS) is 26.7. The van der Waals surface area contributed by atoms with Crippen LogP contribution in [0.25, 0.3) is 10.8 Å². The minimum atomic E-state index is -1.22. The molecule has 188 valence electrons. The van der Waals surface area contributed by atoms with Crippen molar-refractivity contribution in [3.63, 3.8) is 0 Å². The van der Waals surface area contributed by atoms with Crippen molar-refractivity contribution in [3.05, 3.63) is 113 Å². The second kappa shape index (κ2) is 8.16. The van der Waals surface area contributed by atoms with Gasteiger partial charge in [-0.25, -0.2) is 0 Å². The van der Waals surface area contributed by atoms with E-state index in [2.05, 4.69) is 5.32 Å². The number of amides is 3. The van der Waals surface area contributed by atoms with Crippen molar-refractivity contribution in [2.75, 3.05) is 11.9 Å². The molecule has 0 radical (unpaired) electrons. The fourth-order valence-electron chi connectivity index (χ4n) is 6.71. The van der Waals surface area contributed by atoms with E-state index in [-0.39, 0.29) is 30.7 Å². The van der Waals surface area contributed by atoms with Gasteiger partial charge in [-0.2, -0.15) is 0 Å². The van der Waals surface area contributed by atoms with Crippen LogP contribution in [0.1, 0.15) is 28.7 Å². The molecule has 8 rings (SSSR count). The molecule has 4 aliphatic rings. The van der Waals surface area contributed by atoms with Crippen molar-refractivity contribution < 1.29 is 14.4 Å². The van der Waals surface area contributed by atoms with Gasteiger partial charge < -0.3 is 5.32 Å². The molecule has 1 N–H and O–H groups in total. The minimum Gasteiger partial charge on any atom is -0.325 e. The number of anilines is 1. The van der Waals surface area contributed by atoms with Crippen LogP contribution < -0.4 is 5.32 Å². The number of nitrogens with one attached hydrogen (secondary N) is 1. The summed E-state index contributed by atoms with van der Waals surface area (Å²) in [5.41, 5.74) is 3.72. The molecule has 4 aromatic rings. The Hall–Kier alpha value is -3.67. The van der Waals surface area contributed by atoms with Crippen LogP contribution in [-0.4, -0.2) is 29.2 Å². The average Bonchev–Trinajstić information content (AvgIpc) is 3.21.